The Kier molecular flexibility index (Phi) is 5.85. The fourth-order valence-corrected chi connectivity index (χ4v) is 3.42. The third-order valence-corrected chi connectivity index (χ3v) is 4.71. The van der Waals surface area contributed by atoms with E-state index >= 15 is 0 Å². The number of fused-ring (bicyclic) bond motifs is 3. The molecule has 0 spiro atoms. The molecule has 0 bridgehead atoms. The second-order valence-corrected chi connectivity index (χ2v) is 6.37. The Morgan fingerprint density at radius 3 is 2.50 bits per heavy atom. The topological polar surface area (TPSA) is 68.8 Å². The summed E-state index contributed by atoms with van der Waals surface area (Å²) in [6.07, 6.45) is 0. The van der Waals surface area contributed by atoms with Crippen molar-refractivity contribution in [3.8, 4) is 0 Å². The van der Waals surface area contributed by atoms with E-state index in [-0.39, 0.29) is 0 Å². The largest absolute Gasteiger partial charge is 0.561 e. The second kappa shape index (κ2) is 8.12. The average molecular weight is 354 g/mol. The Labute approximate surface area is 153 Å². The Morgan fingerprint density at radius 2 is 1.85 bits per heavy atom. The van der Waals surface area contributed by atoms with Crippen LogP contribution in [-0.2, 0) is 17.9 Å². The van der Waals surface area contributed by atoms with Gasteiger partial charge in [-0.15, -0.1) is 0 Å². The fourth-order valence-electron chi connectivity index (χ4n) is 3.42. The highest BCUT2D eigenvalue weighted by Crippen LogP contribution is 2.23. The first-order valence-electron chi connectivity index (χ1n) is 8.70. The molecule has 1 aromatic heterocycles. The highest BCUT2D eigenvalue weighted by Gasteiger charge is 2.30. The number of nitrogens with one attached hydrogen (secondary N) is 1. The van der Waals surface area contributed by atoms with Crippen molar-refractivity contribution in [3.05, 3.63) is 48.0 Å². The number of rotatable bonds is 7. The lowest BCUT2D eigenvalue weighted by Crippen LogP contribution is -2.59. The summed E-state index contributed by atoms with van der Waals surface area (Å²) in [7, 11) is 3.83. The van der Waals surface area contributed by atoms with Crippen LogP contribution in [0.25, 0.3) is 21.7 Å². The molecule has 26 heavy (non-hydrogen) atoms. The van der Waals surface area contributed by atoms with Crippen molar-refractivity contribution in [2.24, 2.45) is 0 Å². The fraction of sp³-hybridized carbons (Fsp3) is 0.316. The summed E-state index contributed by atoms with van der Waals surface area (Å²) in [5, 5.41) is 28.1. The predicted octanol–water partition coefficient (Wildman–Crippen LogP) is 0.173. The number of nitrogens with zero attached hydrogens (tertiary/aromatic N) is 2. The van der Waals surface area contributed by atoms with Crippen LogP contribution in [0.4, 0.5) is 0 Å². The number of hydroxylamine groups is 2. The summed E-state index contributed by atoms with van der Waals surface area (Å²) in [6.45, 7) is 1.97. The van der Waals surface area contributed by atoms with Gasteiger partial charge in [0.1, 0.15) is 0 Å². The van der Waals surface area contributed by atoms with Gasteiger partial charge in [0, 0.05) is 30.4 Å². The molecule has 3 aromatic rings. The van der Waals surface area contributed by atoms with Gasteiger partial charge in [-0.1, -0.05) is 24.3 Å². The van der Waals surface area contributed by atoms with Crippen LogP contribution in [0.15, 0.2) is 42.5 Å². The summed E-state index contributed by atoms with van der Waals surface area (Å²) in [4.78, 5) is 5.21. The van der Waals surface area contributed by atoms with Crippen molar-refractivity contribution in [2.75, 3.05) is 27.7 Å². The molecule has 0 saturated heterocycles. The van der Waals surface area contributed by atoms with Gasteiger partial charge in [-0.05, 0) is 24.7 Å². The molecule has 136 valence electrons. The molecule has 0 fully saturated rings. The SMILES string of the molecule is CNCc1ccc2c(c1)c1ccccc1c(B(O)O)[n+]2CCN(C)OC. The minimum Gasteiger partial charge on any atom is -0.419 e. The van der Waals surface area contributed by atoms with Crippen molar-refractivity contribution in [1.82, 2.24) is 10.4 Å². The minimum atomic E-state index is -1.56. The lowest BCUT2D eigenvalue weighted by atomic mass is 9.80. The molecule has 2 aromatic carbocycles. The Hall–Kier alpha value is -2.03. The molecular formula is C19H25BN3O3+. The first kappa shape index (κ1) is 18.8. The van der Waals surface area contributed by atoms with Gasteiger partial charge in [0.15, 0.2) is 6.54 Å². The number of benzene rings is 2. The molecule has 3 N–H and O–H groups in total. The van der Waals surface area contributed by atoms with Crippen molar-refractivity contribution in [3.63, 3.8) is 0 Å². The van der Waals surface area contributed by atoms with Gasteiger partial charge in [0.05, 0.1) is 19.0 Å². The minimum absolute atomic E-state index is 0.499. The van der Waals surface area contributed by atoms with E-state index in [1.165, 1.54) is 5.56 Å². The summed E-state index contributed by atoms with van der Waals surface area (Å²) < 4.78 is 1.97. The van der Waals surface area contributed by atoms with Crippen LogP contribution < -0.4 is 15.5 Å². The van der Waals surface area contributed by atoms with E-state index in [0.29, 0.717) is 18.7 Å². The van der Waals surface area contributed by atoms with Crippen molar-refractivity contribution >= 4 is 34.4 Å². The van der Waals surface area contributed by atoms with Crippen LogP contribution >= 0.6 is 0 Å². The maximum atomic E-state index is 10.1. The molecular weight excluding hydrogens is 329 g/mol. The number of aromatic nitrogens is 1. The molecule has 0 unspecified atom stereocenters. The van der Waals surface area contributed by atoms with Crippen LogP contribution in [0.5, 0.6) is 0 Å². The Bertz CT molecular complexity index is 917. The molecule has 3 rings (SSSR count). The van der Waals surface area contributed by atoms with Crippen molar-refractivity contribution < 1.29 is 19.5 Å². The van der Waals surface area contributed by atoms with Gasteiger partial charge >= 0.3 is 7.12 Å². The van der Waals surface area contributed by atoms with E-state index in [4.69, 9.17) is 4.84 Å². The maximum Gasteiger partial charge on any atom is 0.561 e. The number of likely N-dealkylation sites (N-methyl/N-ethyl adjacent to an activating group) is 1. The van der Waals surface area contributed by atoms with Gasteiger partial charge in [0.25, 0.3) is 0 Å². The molecule has 0 saturated carbocycles. The standard InChI is InChI=1S/C19H25BN3O3/c1-21-13-14-8-9-18-17(12-14)15-6-4-5-7-16(15)19(20(24)25)23(18)11-10-22(2)26-3/h4-9,12,21,24-25H,10-11,13H2,1-3H3/q+1. The van der Waals surface area contributed by atoms with Crippen LogP contribution in [-0.4, -0.2) is 50.0 Å². The summed E-state index contributed by atoms with van der Waals surface area (Å²) in [6, 6.07) is 14.1. The van der Waals surface area contributed by atoms with Gasteiger partial charge in [-0.3, -0.25) is 0 Å². The Balaban J connectivity index is 2.30. The van der Waals surface area contributed by atoms with Gasteiger partial charge in [-0.2, -0.15) is 9.63 Å². The van der Waals surface area contributed by atoms with E-state index in [9.17, 15) is 10.0 Å². The third-order valence-electron chi connectivity index (χ3n) is 4.71. The zero-order chi connectivity index (χ0) is 18.7. The van der Waals surface area contributed by atoms with Crippen LogP contribution in [0.3, 0.4) is 0 Å². The number of pyridine rings is 1. The second-order valence-electron chi connectivity index (χ2n) is 6.37. The van der Waals surface area contributed by atoms with Crippen LogP contribution in [0.2, 0.25) is 0 Å². The maximum absolute atomic E-state index is 10.1. The molecule has 1 heterocycles. The van der Waals surface area contributed by atoms with Gasteiger partial charge in [0.2, 0.25) is 11.1 Å². The number of hydrogen-bond donors (Lipinski definition) is 3. The average Bonchev–Trinajstić information content (AvgIpc) is 2.65. The van der Waals surface area contributed by atoms with E-state index < -0.39 is 7.12 Å². The third kappa shape index (κ3) is 3.58. The van der Waals surface area contributed by atoms with Crippen LogP contribution in [0, 0.1) is 0 Å². The number of hydrogen-bond acceptors (Lipinski definition) is 5. The van der Waals surface area contributed by atoms with Gasteiger partial charge < -0.3 is 20.2 Å². The zero-order valence-corrected chi connectivity index (χ0v) is 15.4. The normalized spacial score (nSPS) is 11.6. The monoisotopic (exact) mass is 354 g/mol. The Morgan fingerprint density at radius 1 is 1.12 bits per heavy atom. The first-order valence-corrected chi connectivity index (χ1v) is 8.70. The van der Waals surface area contributed by atoms with Crippen molar-refractivity contribution in [2.45, 2.75) is 13.1 Å². The summed E-state index contributed by atoms with van der Waals surface area (Å²) >= 11 is 0. The quantitative estimate of drug-likeness (QED) is 0.244. The highest BCUT2D eigenvalue weighted by molar-refractivity contribution is 6.60. The van der Waals surface area contributed by atoms with E-state index in [0.717, 1.165) is 28.2 Å². The lowest BCUT2D eigenvalue weighted by Gasteiger charge is -2.15. The molecule has 0 amide bonds. The molecule has 0 atom stereocenters. The summed E-state index contributed by atoms with van der Waals surface area (Å²) in [5.74, 6) is 0. The van der Waals surface area contributed by atoms with Crippen molar-refractivity contribution in [1.29, 1.82) is 0 Å². The van der Waals surface area contributed by atoms with Crippen LogP contribution in [0.1, 0.15) is 5.56 Å². The van der Waals surface area contributed by atoms with E-state index in [1.54, 1.807) is 12.2 Å². The summed E-state index contributed by atoms with van der Waals surface area (Å²) in [5.41, 5.74) is 2.65. The zero-order valence-electron chi connectivity index (χ0n) is 15.4. The molecule has 0 radical (unpaired) electrons. The smallest absolute Gasteiger partial charge is 0.419 e. The molecule has 0 aliphatic carbocycles. The molecule has 0 aliphatic heterocycles. The molecule has 7 heteroatoms. The predicted molar refractivity (Wildman–Crippen MR) is 104 cm³/mol. The van der Waals surface area contributed by atoms with E-state index in [1.807, 2.05) is 49.0 Å². The van der Waals surface area contributed by atoms with E-state index in [2.05, 4.69) is 17.4 Å². The van der Waals surface area contributed by atoms with Gasteiger partial charge in [-0.25, -0.2) is 0 Å². The molecule has 6 nitrogen and oxygen atoms in total. The first-order chi connectivity index (χ1) is 12.6. The molecule has 0 aliphatic rings. The lowest BCUT2D eigenvalue weighted by molar-refractivity contribution is -0.655. The highest BCUT2D eigenvalue weighted by atomic mass is 16.7.